The molecule has 2 aromatic carbocycles. The minimum absolute atomic E-state index is 0.0252. The number of piperidine rings is 1. The first-order valence-corrected chi connectivity index (χ1v) is 34.0. The Morgan fingerprint density at radius 1 is 0.494 bits per heavy atom. The number of rotatable bonds is 46. The van der Waals surface area contributed by atoms with E-state index in [1.54, 1.807) is 24.3 Å². The fourth-order valence-electron chi connectivity index (χ4n) is 13.5. The van der Waals surface area contributed by atoms with Crippen molar-refractivity contribution in [3.8, 4) is 0 Å². The largest absolute Gasteiger partial charge is 0.510 e. The average Bonchev–Trinajstić information content (AvgIpc) is 2.57. The summed E-state index contributed by atoms with van der Waals surface area (Å²) in [5, 5.41) is 0. The van der Waals surface area contributed by atoms with Crippen molar-refractivity contribution in [3.05, 3.63) is 71.8 Å². The summed E-state index contributed by atoms with van der Waals surface area (Å²) in [6, 6.07) is 19.2. The van der Waals surface area contributed by atoms with E-state index in [4.69, 9.17) is 28.4 Å². The monoisotopic (exact) mass is 1160 g/mol. The van der Waals surface area contributed by atoms with E-state index in [-0.39, 0.29) is 56.1 Å². The molecule has 3 aliphatic heterocycles. The molecule has 12 heteroatoms. The van der Waals surface area contributed by atoms with Crippen molar-refractivity contribution >= 4 is 30.0 Å². The fraction of sp³-hybridized carbons (Fsp3) is 0.761. The van der Waals surface area contributed by atoms with Gasteiger partial charge in [0.05, 0.1) is 31.8 Å². The highest BCUT2D eigenvalue weighted by Gasteiger charge is 2.57. The van der Waals surface area contributed by atoms with Crippen molar-refractivity contribution in [2.75, 3.05) is 32.9 Å². The SMILES string of the molecule is CCCCCCCCCCCCCCCC(=O)OCC(COC(=O)CCCCCCCCCCCCCCC)OC(=O)CC(C)CCCC(C)COC(=O)OC(C(=O)OC1CC2CCC(C1)[N+]21CCCC1)(c1ccccc1)c1ccccc1. The number of unbranched alkanes of at least 4 members (excludes halogenated alkanes) is 24. The molecule has 83 heavy (non-hydrogen) atoms. The molecule has 4 unspecified atom stereocenters. The molecule has 0 saturated carbocycles. The van der Waals surface area contributed by atoms with Crippen LogP contribution in [0.2, 0.25) is 0 Å². The van der Waals surface area contributed by atoms with Gasteiger partial charge in [-0.3, -0.25) is 14.4 Å². The number of ether oxygens (including phenoxy) is 6. The van der Waals surface area contributed by atoms with E-state index >= 15 is 0 Å². The van der Waals surface area contributed by atoms with Crippen molar-refractivity contribution in [3.63, 3.8) is 0 Å². The van der Waals surface area contributed by atoms with Crippen LogP contribution in [0.25, 0.3) is 0 Å². The number of esters is 4. The van der Waals surface area contributed by atoms with Gasteiger partial charge < -0.3 is 32.9 Å². The Bertz CT molecular complexity index is 1970. The normalized spacial score (nSPS) is 18.0. The van der Waals surface area contributed by atoms with Crippen LogP contribution in [0.4, 0.5) is 4.79 Å². The number of hydrogen-bond donors (Lipinski definition) is 0. The molecule has 3 aliphatic rings. The Hall–Kier alpha value is -4.45. The lowest BCUT2D eigenvalue weighted by atomic mass is 9.85. The van der Waals surface area contributed by atoms with Crippen molar-refractivity contribution in [2.24, 2.45) is 11.8 Å². The van der Waals surface area contributed by atoms with Crippen molar-refractivity contribution in [1.29, 1.82) is 0 Å². The third-order valence-electron chi connectivity index (χ3n) is 18.4. The van der Waals surface area contributed by atoms with Crippen LogP contribution in [0.3, 0.4) is 0 Å². The molecular weight excluding hydrogens is 1040 g/mol. The molecule has 3 fully saturated rings. The second kappa shape index (κ2) is 40.8. The van der Waals surface area contributed by atoms with Crippen LogP contribution in [0, 0.1) is 11.8 Å². The summed E-state index contributed by atoms with van der Waals surface area (Å²) in [4.78, 5) is 67.8. The van der Waals surface area contributed by atoms with E-state index in [1.807, 2.05) is 50.2 Å². The second-order valence-corrected chi connectivity index (χ2v) is 25.5. The number of carbonyl (C=O) groups excluding carboxylic acids is 5. The quantitative estimate of drug-likeness (QED) is 0.0271. The molecule has 0 amide bonds. The first-order valence-electron chi connectivity index (χ1n) is 34.0. The van der Waals surface area contributed by atoms with Crippen LogP contribution in [0.5, 0.6) is 0 Å². The molecule has 0 N–H and O–H groups in total. The van der Waals surface area contributed by atoms with Gasteiger partial charge in [-0.1, -0.05) is 255 Å². The van der Waals surface area contributed by atoms with Crippen molar-refractivity contribution < 1.29 is 56.9 Å². The third kappa shape index (κ3) is 25.6. The molecule has 1 spiro atoms. The zero-order valence-corrected chi connectivity index (χ0v) is 52.6. The Balaban J connectivity index is 1.04. The van der Waals surface area contributed by atoms with Gasteiger partial charge >= 0.3 is 30.0 Å². The summed E-state index contributed by atoms with van der Waals surface area (Å²) in [6.07, 6.45) is 39.1. The van der Waals surface area contributed by atoms with Gasteiger partial charge in [0.25, 0.3) is 5.60 Å². The smallest absolute Gasteiger partial charge is 0.462 e. The highest BCUT2D eigenvalue weighted by molar-refractivity contribution is 5.88. The summed E-state index contributed by atoms with van der Waals surface area (Å²) in [5.41, 5.74) is -0.892. The van der Waals surface area contributed by atoms with Gasteiger partial charge in [0.15, 0.2) is 6.10 Å². The molecule has 0 aromatic heterocycles. The minimum Gasteiger partial charge on any atom is -0.462 e. The van der Waals surface area contributed by atoms with Crippen LogP contribution < -0.4 is 0 Å². The highest BCUT2D eigenvalue weighted by atomic mass is 16.7. The summed E-state index contributed by atoms with van der Waals surface area (Å²) in [5.74, 6) is -1.78. The summed E-state index contributed by atoms with van der Waals surface area (Å²) >= 11 is 0. The Labute approximate surface area is 502 Å². The average molecular weight is 1160 g/mol. The first-order chi connectivity index (χ1) is 40.5. The van der Waals surface area contributed by atoms with Gasteiger partial charge in [-0.05, 0) is 31.1 Å². The zero-order chi connectivity index (χ0) is 59.2. The Morgan fingerprint density at radius 3 is 1.34 bits per heavy atom. The summed E-state index contributed by atoms with van der Waals surface area (Å²) < 4.78 is 36.8. The molecule has 3 heterocycles. The van der Waals surface area contributed by atoms with Gasteiger partial charge in [-0.25, -0.2) is 9.59 Å². The van der Waals surface area contributed by atoms with Crippen LogP contribution >= 0.6 is 0 Å². The molecule has 0 aliphatic carbocycles. The number of carbonyl (C=O) groups is 5. The van der Waals surface area contributed by atoms with Crippen LogP contribution in [0.15, 0.2) is 60.7 Å². The molecule has 5 rings (SSSR count). The predicted molar refractivity (Wildman–Crippen MR) is 330 cm³/mol. The standard InChI is InChI=1S/C71H114NO11/c1-5-7-9-11-13-15-17-19-21-23-25-27-35-46-66(73)78-56-65(57-79-67(74)47-36-28-26-24-22-20-18-16-14-12-10-8-6-2)81-68(75)52-58(3)40-39-41-59(4)55-80-70(77)83-71(60-42-31-29-32-43-60,61-44-33-30-34-45-61)69(76)82-64-53-62-48-49-63(54-64)72(62)50-37-38-51-72/h29-34,42-45,58-59,62-65H,5-28,35-41,46-57H2,1-4H3/q+1. The summed E-state index contributed by atoms with van der Waals surface area (Å²) in [6.45, 7) is 10.7. The second-order valence-electron chi connectivity index (χ2n) is 25.5. The van der Waals surface area contributed by atoms with Gasteiger partial charge in [-0.15, -0.1) is 0 Å². The molecule has 4 atom stereocenters. The van der Waals surface area contributed by atoms with Gasteiger partial charge in [0.2, 0.25) is 0 Å². The van der Waals surface area contributed by atoms with Gasteiger partial charge in [0, 0.05) is 68.9 Å². The number of hydrogen-bond acceptors (Lipinski definition) is 11. The van der Waals surface area contributed by atoms with Gasteiger partial charge in [0.1, 0.15) is 19.3 Å². The van der Waals surface area contributed by atoms with Crippen LogP contribution in [-0.4, -0.2) is 91.7 Å². The molecule has 12 nitrogen and oxygen atoms in total. The lowest BCUT2D eigenvalue weighted by molar-refractivity contribution is -0.956. The molecule has 468 valence electrons. The third-order valence-corrected chi connectivity index (χ3v) is 18.4. The zero-order valence-electron chi connectivity index (χ0n) is 52.6. The van der Waals surface area contributed by atoms with E-state index in [2.05, 4.69) is 13.8 Å². The number of nitrogens with zero attached hydrogens (tertiary/aromatic N) is 1. The van der Waals surface area contributed by atoms with Crippen molar-refractivity contribution in [2.45, 2.75) is 302 Å². The van der Waals surface area contributed by atoms with E-state index < -0.39 is 29.8 Å². The molecule has 2 bridgehead atoms. The minimum atomic E-state index is -1.87. The lowest BCUT2D eigenvalue weighted by Crippen LogP contribution is -2.60. The van der Waals surface area contributed by atoms with Crippen LogP contribution in [0.1, 0.15) is 283 Å². The maximum atomic E-state index is 14.8. The van der Waals surface area contributed by atoms with E-state index in [9.17, 15) is 24.0 Å². The van der Waals surface area contributed by atoms with Crippen molar-refractivity contribution in [1.82, 2.24) is 0 Å². The lowest BCUT2D eigenvalue weighted by Gasteiger charge is -2.47. The van der Waals surface area contributed by atoms with E-state index in [1.165, 1.54) is 159 Å². The van der Waals surface area contributed by atoms with E-state index in [0.717, 1.165) is 77.0 Å². The summed E-state index contributed by atoms with van der Waals surface area (Å²) in [7, 11) is 0. The molecule has 0 radical (unpaired) electrons. The van der Waals surface area contributed by atoms with Crippen LogP contribution in [-0.2, 0) is 53.2 Å². The van der Waals surface area contributed by atoms with E-state index in [0.29, 0.717) is 42.5 Å². The maximum absolute atomic E-state index is 14.8. The first kappa shape index (κ1) is 69.3. The Kier molecular flexibility index (Phi) is 34.1. The number of benzene rings is 2. The van der Waals surface area contributed by atoms with Gasteiger partial charge in [-0.2, -0.15) is 0 Å². The molecule has 2 aromatic rings. The topological polar surface area (TPSA) is 141 Å². The fourth-order valence-corrected chi connectivity index (χ4v) is 13.5. The predicted octanol–water partition coefficient (Wildman–Crippen LogP) is 17.7. The Morgan fingerprint density at radius 2 is 0.904 bits per heavy atom. The molecular formula is C71H114NO11+. The number of quaternary nitrogens is 1. The maximum Gasteiger partial charge on any atom is 0.510 e. The molecule has 3 saturated heterocycles. The highest BCUT2D eigenvalue weighted by Crippen LogP contribution is 2.47.